The lowest BCUT2D eigenvalue weighted by molar-refractivity contribution is -0.207. The number of aliphatic hydroxyl groups excluding tert-OH is 1. The maximum atomic E-state index is 12.4. The second-order valence-corrected chi connectivity index (χ2v) is 4.56. The van der Waals surface area contributed by atoms with Crippen molar-refractivity contribution in [2.75, 3.05) is 6.54 Å². The summed E-state index contributed by atoms with van der Waals surface area (Å²) >= 11 is 0. The van der Waals surface area contributed by atoms with E-state index >= 15 is 0 Å². The van der Waals surface area contributed by atoms with Crippen LogP contribution in [-0.4, -0.2) is 23.9 Å². The summed E-state index contributed by atoms with van der Waals surface area (Å²) < 4.78 is 37.3. The van der Waals surface area contributed by atoms with Crippen molar-refractivity contribution in [1.82, 2.24) is 5.32 Å². The van der Waals surface area contributed by atoms with E-state index < -0.39 is 18.3 Å². The van der Waals surface area contributed by atoms with Gasteiger partial charge in [0.2, 0.25) is 0 Å². The minimum Gasteiger partial charge on any atom is -0.384 e. The predicted octanol–water partition coefficient (Wildman–Crippen LogP) is 3.43. The smallest absolute Gasteiger partial charge is 0.384 e. The Morgan fingerprint density at radius 2 is 1.84 bits per heavy atom. The molecule has 0 spiro atoms. The Morgan fingerprint density at radius 3 is 2.37 bits per heavy atom. The van der Waals surface area contributed by atoms with Gasteiger partial charge in [-0.15, -0.1) is 0 Å². The zero-order valence-electron chi connectivity index (χ0n) is 11.0. The number of alkyl halides is 3. The summed E-state index contributed by atoms with van der Waals surface area (Å²) in [5, 5.41) is 12.3. The van der Waals surface area contributed by atoms with Gasteiger partial charge in [-0.1, -0.05) is 43.7 Å². The highest BCUT2D eigenvalue weighted by Gasteiger charge is 2.39. The third kappa shape index (κ3) is 5.61. The predicted molar refractivity (Wildman–Crippen MR) is 68.8 cm³/mol. The van der Waals surface area contributed by atoms with Crippen LogP contribution in [0.25, 0.3) is 0 Å². The second kappa shape index (κ2) is 7.50. The van der Waals surface area contributed by atoms with E-state index in [1.807, 2.05) is 13.0 Å². The van der Waals surface area contributed by atoms with E-state index in [0.29, 0.717) is 6.54 Å². The van der Waals surface area contributed by atoms with E-state index in [2.05, 4.69) is 5.32 Å². The highest BCUT2D eigenvalue weighted by Crippen LogP contribution is 2.28. The molecular weight excluding hydrogens is 255 g/mol. The van der Waals surface area contributed by atoms with E-state index in [1.54, 1.807) is 24.3 Å². The van der Waals surface area contributed by atoms with Gasteiger partial charge in [-0.3, -0.25) is 0 Å². The fraction of sp³-hybridized carbons (Fsp3) is 0.571. The number of unbranched alkanes of at least 4 members (excludes halogenated alkanes) is 1. The van der Waals surface area contributed by atoms with Gasteiger partial charge in [-0.2, -0.15) is 13.2 Å². The van der Waals surface area contributed by atoms with Gasteiger partial charge in [0.05, 0.1) is 0 Å². The van der Waals surface area contributed by atoms with Crippen molar-refractivity contribution in [2.24, 2.45) is 0 Å². The minimum atomic E-state index is -4.57. The summed E-state index contributed by atoms with van der Waals surface area (Å²) in [6, 6.07) is 8.43. The number of nitrogens with one attached hydrogen (secondary N) is 1. The molecule has 1 aromatic rings. The average molecular weight is 275 g/mol. The molecule has 1 aromatic carbocycles. The van der Waals surface area contributed by atoms with Crippen molar-refractivity contribution < 1.29 is 18.3 Å². The summed E-state index contributed by atoms with van der Waals surface area (Å²) in [6.45, 7) is 2.66. The van der Waals surface area contributed by atoms with Crippen LogP contribution in [-0.2, 0) is 0 Å². The molecule has 2 N–H and O–H groups in total. The maximum Gasteiger partial charge on any atom is 0.414 e. The molecule has 0 radical (unpaired) electrons. The Bertz CT molecular complexity index is 353. The molecular formula is C14H20F3NO. The molecule has 0 aliphatic heterocycles. The molecule has 0 saturated heterocycles. The number of hydrogen-bond acceptors (Lipinski definition) is 2. The van der Waals surface area contributed by atoms with Gasteiger partial charge in [0.1, 0.15) is 0 Å². The van der Waals surface area contributed by atoms with Gasteiger partial charge >= 0.3 is 6.18 Å². The van der Waals surface area contributed by atoms with Crippen LogP contribution in [0.15, 0.2) is 30.3 Å². The highest BCUT2D eigenvalue weighted by atomic mass is 19.4. The molecule has 108 valence electrons. The first-order chi connectivity index (χ1) is 8.95. The lowest BCUT2D eigenvalue weighted by atomic mass is 10.00. The van der Waals surface area contributed by atoms with Gasteiger partial charge in [0.15, 0.2) is 6.10 Å². The number of benzene rings is 1. The Morgan fingerprint density at radius 1 is 1.21 bits per heavy atom. The van der Waals surface area contributed by atoms with Crippen LogP contribution in [0.1, 0.15) is 37.8 Å². The molecule has 1 rings (SSSR count). The maximum absolute atomic E-state index is 12.4. The van der Waals surface area contributed by atoms with E-state index in [0.717, 1.165) is 18.4 Å². The molecule has 0 aliphatic carbocycles. The molecule has 2 atom stereocenters. The normalized spacial score (nSPS) is 15.2. The third-order valence-electron chi connectivity index (χ3n) is 2.96. The first-order valence-electron chi connectivity index (χ1n) is 6.48. The van der Waals surface area contributed by atoms with Gasteiger partial charge in [0, 0.05) is 12.5 Å². The second-order valence-electron chi connectivity index (χ2n) is 4.56. The minimum absolute atomic E-state index is 0.364. The fourth-order valence-corrected chi connectivity index (χ4v) is 1.83. The molecule has 0 fully saturated rings. The largest absolute Gasteiger partial charge is 0.414 e. The SMILES string of the molecule is CCCCN[C@H](C[C@H](O)C(F)(F)F)c1ccccc1. The van der Waals surface area contributed by atoms with Gasteiger partial charge in [-0.25, -0.2) is 0 Å². The molecule has 0 heterocycles. The summed E-state index contributed by atoms with van der Waals surface area (Å²) in [5.41, 5.74) is 0.766. The van der Waals surface area contributed by atoms with Crippen molar-refractivity contribution in [3.63, 3.8) is 0 Å². The number of rotatable bonds is 7. The van der Waals surface area contributed by atoms with E-state index in [4.69, 9.17) is 0 Å². The van der Waals surface area contributed by atoms with Crippen LogP contribution < -0.4 is 5.32 Å². The molecule has 0 unspecified atom stereocenters. The number of halogens is 3. The van der Waals surface area contributed by atoms with Gasteiger partial charge < -0.3 is 10.4 Å². The molecule has 2 nitrogen and oxygen atoms in total. The first kappa shape index (κ1) is 16.0. The highest BCUT2D eigenvalue weighted by molar-refractivity contribution is 5.19. The lowest BCUT2D eigenvalue weighted by Gasteiger charge is -2.23. The monoisotopic (exact) mass is 275 g/mol. The Hall–Kier alpha value is -1.07. The van der Waals surface area contributed by atoms with Crippen molar-refractivity contribution in [1.29, 1.82) is 0 Å². The standard InChI is InChI=1S/C14H20F3NO/c1-2-3-9-18-12(10-13(19)14(15,16)17)11-7-5-4-6-8-11/h4-8,12-13,18-19H,2-3,9-10H2,1H3/t12-,13+/m1/s1. The van der Waals surface area contributed by atoms with E-state index in [-0.39, 0.29) is 6.42 Å². The van der Waals surface area contributed by atoms with Crippen molar-refractivity contribution in [3.8, 4) is 0 Å². The molecule has 0 aromatic heterocycles. The van der Waals surface area contributed by atoms with E-state index in [1.165, 1.54) is 0 Å². The van der Waals surface area contributed by atoms with Crippen molar-refractivity contribution in [2.45, 2.75) is 44.5 Å². The summed E-state index contributed by atoms with van der Waals surface area (Å²) in [6.07, 6.45) is -5.37. The average Bonchev–Trinajstić information content (AvgIpc) is 2.37. The fourth-order valence-electron chi connectivity index (χ4n) is 1.83. The van der Waals surface area contributed by atoms with Crippen LogP contribution in [0.5, 0.6) is 0 Å². The van der Waals surface area contributed by atoms with Crippen LogP contribution in [0.2, 0.25) is 0 Å². The summed E-state index contributed by atoms with van der Waals surface area (Å²) in [7, 11) is 0. The number of hydrogen-bond donors (Lipinski definition) is 2. The van der Waals surface area contributed by atoms with Gasteiger partial charge in [0.25, 0.3) is 0 Å². The van der Waals surface area contributed by atoms with Gasteiger partial charge in [-0.05, 0) is 18.5 Å². The molecule has 19 heavy (non-hydrogen) atoms. The molecule has 0 bridgehead atoms. The quantitative estimate of drug-likeness (QED) is 0.747. The topological polar surface area (TPSA) is 32.3 Å². The summed E-state index contributed by atoms with van der Waals surface area (Å²) in [4.78, 5) is 0. The Labute approximate surface area is 111 Å². The zero-order chi connectivity index (χ0) is 14.3. The zero-order valence-corrected chi connectivity index (χ0v) is 11.0. The Kier molecular flexibility index (Phi) is 6.31. The van der Waals surface area contributed by atoms with Crippen LogP contribution in [0, 0.1) is 0 Å². The van der Waals surface area contributed by atoms with Crippen LogP contribution in [0.3, 0.4) is 0 Å². The molecule has 0 saturated carbocycles. The molecule has 0 amide bonds. The summed E-state index contributed by atoms with van der Waals surface area (Å²) in [5.74, 6) is 0. The van der Waals surface area contributed by atoms with Crippen LogP contribution >= 0.6 is 0 Å². The molecule has 5 heteroatoms. The van der Waals surface area contributed by atoms with Crippen molar-refractivity contribution >= 4 is 0 Å². The first-order valence-corrected chi connectivity index (χ1v) is 6.48. The number of aliphatic hydroxyl groups is 1. The van der Waals surface area contributed by atoms with Crippen molar-refractivity contribution in [3.05, 3.63) is 35.9 Å². The molecule has 0 aliphatic rings. The lowest BCUT2D eigenvalue weighted by Crippen LogP contribution is -2.34. The Balaban J connectivity index is 2.70. The van der Waals surface area contributed by atoms with Crippen LogP contribution in [0.4, 0.5) is 13.2 Å². The van der Waals surface area contributed by atoms with E-state index in [9.17, 15) is 18.3 Å². The third-order valence-corrected chi connectivity index (χ3v) is 2.96.